The number of piperidine rings is 1. The summed E-state index contributed by atoms with van der Waals surface area (Å²) in [6, 6.07) is 0. The van der Waals surface area contributed by atoms with Crippen LogP contribution < -0.4 is 5.73 Å². The van der Waals surface area contributed by atoms with E-state index in [1.54, 1.807) is 0 Å². The molecule has 21 heavy (non-hydrogen) atoms. The van der Waals surface area contributed by atoms with Gasteiger partial charge in [-0.3, -0.25) is 4.79 Å². The van der Waals surface area contributed by atoms with Gasteiger partial charge in [-0.05, 0) is 75.2 Å². The third-order valence-corrected chi connectivity index (χ3v) is 6.60. The molecule has 1 aliphatic heterocycles. The number of rotatable bonds is 3. The minimum atomic E-state index is 0.430. The van der Waals surface area contributed by atoms with E-state index in [2.05, 4.69) is 4.90 Å². The summed E-state index contributed by atoms with van der Waals surface area (Å²) in [7, 11) is 0. The summed E-state index contributed by atoms with van der Waals surface area (Å²) in [5.41, 5.74) is 6.37. The maximum Gasteiger partial charge on any atom is 0.222 e. The second-order valence-corrected chi connectivity index (χ2v) is 7.91. The van der Waals surface area contributed by atoms with Crippen LogP contribution in [0.25, 0.3) is 0 Å². The Morgan fingerprint density at radius 3 is 2.10 bits per heavy atom. The lowest BCUT2D eigenvalue weighted by Gasteiger charge is -2.40. The fraction of sp³-hybridized carbons (Fsp3) is 0.944. The van der Waals surface area contributed by atoms with Crippen LogP contribution in [0.3, 0.4) is 0 Å². The largest absolute Gasteiger partial charge is 0.343 e. The first-order valence-electron chi connectivity index (χ1n) is 9.19. The van der Waals surface area contributed by atoms with Gasteiger partial charge in [-0.15, -0.1) is 0 Å². The van der Waals surface area contributed by atoms with Gasteiger partial charge < -0.3 is 10.6 Å². The normalized spacial score (nSPS) is 32.5. The number of carbonyl (C=O) groups is 1. The van der Waals surface area contributed by atoms with Gasteiger partial charge in [0, 0.05) is 19.5 Å². The van der Waals surface area contributed by atoms with E-state index in [1.807, 2.05) is 0 Å². The van der Waals surface area contributed by atoms with Crippen LogP contribution in [-0.2, 0) is 4.79 Å². The van der Waals surface area contributed by atoms with Crippen molar-refractivity contribution in [3.05, 3.63) is 0 Å². The zero-order valence-corrected chi connectivity index (χ0v) is 13.5. The van der Waals surface area contributed by atoms with E-state index in [0.29, 0.717) is 23.2 Å². The maximum atomic E-state index is 12.5. The summed E-state index contributed by atoms with van der Waals surface area (Å²) in [6.07, 6.45) is 13.9. The summed E-state index contributed by atoms with van der Waals surface area (Å²) >= 11 is 0. The number of hydrogen-bond donors (Lipinski definition) is 1. The van der Waals surface area contributed by atoms with Gasteiger partial charge in [0.15, 0.2) is 0 Å². The van der Waals surface area contributed by atoms with Gasteiger partial charge in [0.25, 0.3) is 0 Å². The van der Waals surface area contributed by atoms with E-state index in [9.17, 15) is 4.79 Å². The minimum absolute atomic E-state index is 0.430. The molecular weight excluding hydrogens is 260 g/mol. The Hall–Kier alpha value is -0.570. The number of likely N-dealkylation sites (tertiary alicyclic amines) is 1. The van der Waals surface area contributed by atoms with Crippen molar-refractivity contribution in [3.63, 3.8) is 0 Å². The van der Waals surface area contributed by atoms with Crippen molar-refractivity contribution < 1.29 is 4.79 Å². The average molecular weight is 292 g/mol. The molecule has 120 valence electrons. The zero-order chi connectivity index (χ0) is 14.7. The molecule has 2 N–H and O–H groups in total. The van der Waals surface area contributed by atoms with Gasteiger partial charge >= 0.3 is 0 Å². The van der Waals surface area contributed by atoms with E-state index in [4.69, 9.17) is 5.73 Å². The Labute approximate surface area is 129 Å². The van der Waals surface area contributed by atoms with Crippen LogP contribution in [0, 0.1) is 17.3 Å². The molecule has 1 saturated heterocycles. The van der Waals surface area contributed by atoms with E-state index in [1.165, 1.54) is 64.2 Å². The van der Waals surface area contributed by atoms with Crippen molar-refractivity contribution >= 4 is 5.91 Å². The molecule has 2 aliphatic carbocycles. The molecule has 0 aromatic heterocycles. The Bertz CT molecular complexity index is 344. The van der Waals surface area contributed by atoms with Crippen molar-refractivity contribution in [1.29, 1.82) is 0 Å². The molecule has 0 atom stereocenters. The molecule has 0 unspecified atom stereocenters. The highest BCUT2D eigenvalue weighted by Gasteiger charge is 2.38. The highest BCUT2D eigenvalue weighted by atomic mass is 16.2. The summed E-state index contributed by atoms with van der Waals surface area (Å²) in [4.78, 5) is 14.7. The summed E-state index contributed by atoms with van der Waals surface area (Å²) in [5, 5.41) is 0. The van der Waals surface area contributed by atoms with Gasteiger partial charge in [-0.25, -0.2) is 0 Å². The van der Waals surface area contributed by atoms with Crippen LogP contribution in [0.1, 0.15) is 70.6 Å². The molecular formula is C18H32N2O. The molecule has 3 heteroatoms. The lowest BCUT2D eigenvalue weighted by molar-refractivity contribution is -0.134. The fourth-order valence-corrected chi connectivity index (χ4v) is 4.90. The van der Waals surface area contributed by atoms with Crippen LogP contribution in [0.2, 0.25) is 0 Å². The first-order chi connectivity index (χ1) is 10.2. The van der Waals surface area contributed by atoms with E-state index >= 15 is 0 Å². The lowest BCUT2D eigenvalue weighted by Crippen LogP contribution is -2.43. The SMILES string of the molecule is NCC1CCC(CC(=O)N2CCC3(CCCC3)CC2)CC1. The third kappa shape index (κ3) is 3.61. The third-order valence-electron chi connectivity index (χ3n) is 6.60. The molecule has 3 rings (SSSR count). The van der Waals surface area contributed by atoms with Crippen molar-refractivity contribution in [2.24, 2.45) is 23.0 Å². The Balaban J connectivity index is 1.42. The second-order valence-electron chi connectivity index (χ2n) is 7.91. The lowest BCUT2D eigenvalue weighted by atomic mass is 9.76. The first-order valence-corrected chi connectivity index (χ1v) is 9.19. The topological polar surface area (TPSA) is 46.3 Å². The van der Waals surface area contributed by atoms with Crippen molar-refractivity contribution in [2.75, 3.05) is 19.6 Å². The van der Waals surface area contributed by atoms with E-state index in [-0.39, 0.29) is 0 Å². The molecule has 3 nitrogen and oxygen atoms in total. The Morgan fingerprint density at radius 2 is 1.52 bits per heavy atom. The van der Waals surface area contributed by atoms with Crippen LogP contribution in [0.4, 0.5) is 0 Å². The van der Waals surface area contributed by atoms with Gasteiger partial charge in [-0.2, -0.15) is 0 Å². The highest BCUT2D eigenvalue weighted by molar-refractivity contribution is 5.76. The van der Waals surface area contributed by atoms with Crippen molar-refractivity contribution in [2.45, 2.75) is 70.6 Å². The monoisotopic (exact) mass is 292 g/mol. The summed E-state index contributed by atoms with van der Waals surface area (Å²) < 4.78 is 0. The highest BCUT2D eigenvalue weighted by Crippen LogP contribution is 2.46. The fourth-order valence-electron chi connectivity index (χ4n) is 4.90. The summed E-state index contributed by atoms with van der Waals surface area (Å²) in [5.74, 6) is 1.77. The molecule has 1 spiro atoms. The van der Waals surface area contributed by atoms with Gasteiger partial charge in [0.2, 0.25) is 5.91 Å². The Kier molecular flexibility index (Phi) is 4.88. The molecule has 3 aliphatic rings. The van der Waals surface area contributed by atoms with Crippen LogP contribution in [0.5, 0.6) is 0 Å². The van der Waals surface area contributed by atoms with E-state index in [0.717, 1.165) is 26.1 Å². The Morgan fingerprint density at radius 1 is 0.952 bits per heavy atom. The molecule has 0 radical (unpaired) electrons. The molecule has 0 bridgehead atoms. The predicted molar refractivity (Wildman–Crippen MR) is 85.8 cm³/mol. The van der Waals surface area contributed by atoms with E-state index < -0.39 is 0 Å². The standard InChI is InChI=1S/C18H32N2O/c19-14-16-5-3-15(4-6-16)13-17(21)20-11-9-18(10-12-20)7-1-2-8-18/h15-16H,1-14,19H2. The quantitative estimate of drug-likeness (QED) is 0.867. The molecule has 1 amide bonds. The van der Waals surface area contributed by atoms with Crippen LogP contribution in [-0.4, -0.2) is 30.4 Å². The number of carbonyl (C=O) groups excluding carboxylic acids is 1. The number of nitrogens with two attached hydrogens (primary N) is 1. The number of amides is 1. The molecule has 1 heterocycles. The molecule has 2 saturated carbocycles. The number of hydrogen-bond acceptors (Lipinski definition) is 2. The molecule has 0 aromatic rings. The smallest absolute Gasteiger partial charge is 0.222 e. The van der Waals surface area contributed by atoms with Crippen molar-refractivity contribution in [3.8, 4) is 0 Å². The van der Waals surface area contributed by atoms with Crippen LogP contribution in [0.15, 0.2) is 0 Å². The average Bonchev–Trinajstić information content (AvgIpc) is 2.97. The molecule has 3 fully saturated rings. The number of nitrogens with zero attached hydrogens (tertiary/aromatic N) is 1. The van der Waals surface area contributed by atoms with Gasteiger partial charge in [-0.1, -0.05) is 12.8 Å². The van der Waals surface area contributed by atoms with Crippen LogP contribution >= 0.6 is 0 Å². The maximum absolute atomic E-state index is 12.5. The van der Waals surface area contributed by atoms with Gasteiger partial charge in [0.05, 0.1) is 0 Å². The van der Waals surface area contributed by atoms with Crippen molar-refractivity contribution in [1.82, 2.24) is 4.90 Å². The summed E-state index contributed by atoms with van der Waals surface area (Å²) in [6.45, 7) is 2.88. The minimum Gasteiger partial charge on any atom is -0.343 e. The zero-order valence-electron chi connectivity index (χ0n) is 13.5. The van der Waals surface area contributed by atoms with Gasteiger partial charge in [0.1, 0.15) is 0 Å². The predicted octanol–water partition coefficient (Wildman–Crippen LogP) is 3.32. The first kappa shape index (κ1) is 15.3. The second kappa shape index (κ2) is 6.68. The molecule has 0 aromatic carbocycles.